The first kappa shape index (κ1) is 12.7. The van der Waals surface area contributed by atoms with Crippen LogP contribution in [0.1, 0.15) is 16.7 Å². The van der Waals surface area contributed by atoms with E-state index in [1.807, 2.05) is 30.3 Å². The van der Waals surface area contributed by atoms with Crippen molar-refractivity contribution in [1.82, 2.24) is 5.32 Å². The lowest BCUT2D eigenvalue weighted by molar-refractivity contribution is 0.280. The third-order valence-electron chi connectivity index (χ3n) is 2.82. The Kier molecular flexibility index (Phi) is 4.45. The van der Waals surface area contributed by atoms with Crippen molar-refractivity contribution in [2.75, 3.05) is 0 Å². The van der Waals surface area contributed by atoms with Crippen LogP contribution in [0, 0.1) is 5.82 Å². The molecule has 0 aliphatic rings. The van der Waals surface area contributed by atoms with Crippen molar-refractivity contribution in [3.05, 3.63) is 71.0 Å². The van der Waals surface area contributed by atoms with Gasteiger partial charge in [-0.2, -0.15) is 0 Å². The Hall–Kier alpha value is -1.71. The van der Waals surface area contributed by atoms with E-state index in [-0.39, 0.29) is 12.4 Å². The zero-order valence-corrected chi connectivity index (χ0v) is 10.1. The first-order valence-electron chi connectivity index (χ1n) is 5.92. The molecule has 94 valence electrons. The van der Waals surface area contributed by atoms with Crippen LogP contribution in [-0.2, 0) is 19.7 Å². The Morgan fingerprint density at radius 1 is 0.944 bits per heavy atom. The SMILES string of the molecule is OCc1ccccc1CNCc1cccc(F)c1. The molecule has 18 heavy (non-hydrogen) atoms. The average Bonchev–Trinajstić information content (AvgIpc) is 2.39. The molecule has 0 aliphatic heterocycles. The third kappa shape index (κ3) is 3.39. The zero-order valence-electron chi connectivity index (χ0n) is 10.1. The molecule has 0 fully saturated rings. The van der Waals surface area contributed by atoms with Crippen LogP contribution in [0.5, 0.6) is 0 Å². The molecule has 0 radical (unpaired) electrons. The minimum atomic E-state index is -0.218. The van der Waals surface area contributed by atoms with E-state index in [2.05, 4.69) is 5.32 Å². The molecule has 0 saturated heterocycles. The maximum absolute atomic E-state index is 13.0. The number of hydrogen-bond acceptors (Lipinski definition) is 2. The van der Waals surface area contributed by atoms with Crippen LogP contribution >= 0.6 is 0 Å². The quantitative estimate of drug-likeness (QED) is 0.848. The van der Waals surface area contributed by atoms with Crippen molar-refractivity contribution in [2.24, 2.45) is 0 Å². The molecule has 0 aromatic heterocycles. The van der Waals surface area contributed by atoms with E-state index in [1.54, 1.807) is 6.07 Å². The lowest BCUT2D eigenvalue weighted by Crippen LogP contribution is -2.14. The molecular formula is C15H16FNO. The predicted molar refractivity (Wildman–Crippen MR) is 69.3 cm³/mol. The minimum Gasteiger partial charge on any atom is -0.392 e. The molecule has 0 aliphatic carbocycles. The van der Waals surface area contributed by atoms with Gasteiger partial charge in [-0.1, -0.05) is 36.4 Å². The van der Waals surface area contributed by atoms with Gasteiger partial charge < -0.3 is 10.4 Å². The number of hydrogen-bond donors (Lipinski definition) is 2. The van der Waals surface area contributed by atoms with Gasteiger partial charge in [-0.25, -0.2) is 4.39 Å². The highest BCUT2D eigenvalue weighted by molar-refractivity contribution is 5.26. The topological polar surface area (TPSA) is 32.3 Å². The molecule has 2 nitrogen and oxygen atoms in total. The number of benzene rings is 2. The van der Waals surface area contributed by atoms with Gasteiger partial charge in [0.1, 0.15) is 5.82 Å². The van der Waals surface area contributed by atoms with Gasteiger partial charge in [-0.05, 0) is 28.8 Å². The lowest BCUT2D eigenvalue weighted by atomic mass is 10.1. The number of aliphatic hydroxyl groups excluding tert-OH is 1. The molecule has 2 N–H and O–H groups in total. The second-order valence-electron chi connectivity index (χ2n) is 4.16. The van der Waals surface area contributed by atoms with Crippen LogP contribution < -0.4 is 5.32 Å². The Balaban J connectivity index is 1.92. The number of rotatable bonds is 5. The Morgan fingerprint density at radius 3 is 2.44 bits per heavy atom. The number of halogens is 1. The number of nitrogens with one attached hydrogen (secondary N) is 1. The summed E-state index contributed by atoms with van der Waals surface area (Å²) in [6.07, 6.45) is 0. The Labute approximate surface area is 106 Å². The Morgan fingerprint density at radius 2 is 1.72 bits per heavy atom. The molecule has 0 bridgehead atoms. The summed E-state index contributed by atoms with van der Waals surface area (Å²) in [5.74, 6) is -0.218. The van der Waals surface area contributed by atoms with Gasteiger partial charge in [0, 0.05) is 13.1 Å². The van der Waals surface area contributed by atoms with Gasteiger partial charge in [0.05, 0.1) is 6.61 Å². The first-order valence-corrected chi connectivity index (χ1v) is 5.92. The summed E-state index contributed by atoms with van der Waals surface area (Å²) < 4.78 is 13.0. The van der Waals surface area contributed by atoms with Gasteiger partial charge in [0.15, 0.2) is 0 Å². The van der Waals surface area contributed by atoms with Crippen molar-refractivity contribution >= 4 is 0 Å². The van der Waals surface area contributed by atoms with E-state index in [1.165, 1.54) is 12.1 Å². The van der Waals surface area contributed by atoms with Gasteiger partial charge >= 0.3 is 0 Å². The zero-order chi connectivity index (χ0) is 12.8. The average molecular weight is 245 g/mol. The van der Waals surface area contributed by atoms with E-state index in [0.717, 1.165) is 16.7 Å². The fourth-order valence-electron chi connectivity index (χ4n) is 1.87. The second-order valence-corrected chi connectivity index (χ2v) is 4.16. The monoisotopic (exact) mass is 245 g/mol. The summed E-state index contributed by atoms with van der Waals surface area (Å²) in [5, 5.41) is 12.4. The van der Waals surface area contributed by atoms with Gasteiger partial charge in [0.2, 0.25) is 0 Å². The van der Waals surface area contributed by atoms with E-state index in [4.69, 9.17) is 0 Å². The molecule has 3 heteroatoms. The minimum absolute atomic E-state index is 0.0395. The summed E-state index contributed by atoms with van der Waals surface area (Å²) in [7, 11) is 0. The highest BCUT2D eigenvalue weighted by Gasteiger charge is 2.00. The molecule has 0 atom stereocenters. The van der Waals surface area contributed by atoms with Crippen molar-refractivity contribution < 1.29 is 9.50 Å². The standard InChI is InChI=1S/C15H16FNO/c16-15-7-3-4-12(8-15)9-17-10-13-5-1-2-6-14(13)11-18/h1-8,17-18H,9-11H2. The van der Waals surface area contributed by atoms with Gasteiger partial charge in [-0.3, -0.25) is 0 Å². The molecule has 2 rings (SSSR count). The molecule has 2 aromatic rings. The van der Waals surface area contributed by atoms with E-state index in [9.17, 15) is 9.50 Å². The lowest BCUT2D eigenvalue weighted by Gasteiger charge is -2.09. The molecule has 0 saturated carbocycles. The number of aliphatic hydroxyl groups is 1. The summed E-state index contributed by atoms with van der Waals surface area (Å²) in [6, 6.07) is 14.3. The highest BCUT2D eigenvalue weighted by Crippen LogP contribution is 2.09. The molecule has 0 amide bonds. The largest absolute Gasteiger partial charge is 0.392 e. The fraction of sp³-hybridized carbons (Fsp3) is 0.200. The normalized spacial score (nSPS) is 10.6. The highest BCUT2D eigenvalue weighted by atomic mass is 19.1. The van der Waals surface area contributed by atoms with Crippen molar-refractivity contribution in [2.45, 2.75) is 19.7 Å². The molecule has 0 spiro atoms. The van der Waals surface area contributed by atoms with Crippen LogP contribution in [0.3, 0.4) is 0 Å². The summed E-state index contributed by atoms with van der Waals surface area (Å²) in [4.78, 5) is 0. The van der Waals surface area contributed by atoms with Crippen LogP contribution in [0.2, 0.25) is 0 Å². The smallest absolute Gasteiger partial charge is 0.123 e. The van der Waals surface area contributed by atoms with Crippen LogP contribution in [-0.4, -0.2) is 5.11 Å². The van der Waals surface area contributed by atoms with Crippen LogP contribution in [0.4, 0.5) is 4.39 Å². The molecule has 2 aromatic carbocycles. The van der Waals surface area contributed by atoms with Crippen LogP contribution in [0.25, 0.3) is 0 Å². The summed E-state index contributed by atoms with van der Waals surface area (Å²) >= 11 is 0. The predicted octanol–water partition coefficient (Wildman–Crippen LogP) is 2.61. The third-order valence-corrected chi connectivity index (χ3v) is 2.82. The van der Waals surface area contributed by atoms with Crippen molar-refractivity contribution in [3.63, 3.8) is 0 Å². The van der Waals surface area contributed by atoms with Gasteiger partial charge in [0.25, 0.3) is 0 Å². The summed E-state index contributed by atoms with van der Waals surface area (Å²) in [5.41, 5.74) is 2.90. The summed E-state index contributed by atoms with van der Waals surface area (Å²) in [6.45, 7) is 1.31. The maximum Gasteiger partial charge on any atom is 0.123 e. The first-order chi connectivity index (χ1) is 8.79. The van der Waals surface area contributed by atoms with Gasteiger partial charge in [-0.15, -0.1) is 0 Å². The van der Waals surface area contributed by atoms with Crippen molar-refractivity contribution in [1.29, 1.82) is 0 Å². The maximum atomic E-state index is 13.0. The Bertz CT molecular complexity index is 513. The van der Waals surface area contributed by atoms with Crippen LogP contribution in [0.15, 0.2) is 48.5 Å². The van der Waals surface area contributed by atoms with E-state index >= 15 is 0 Å². The molecule has 0 unspecified atom stereocenters. The molecular weight excluding hydrogens is 229 g/mol. The van der Waals surface area contributed by atoms with Crippen molar-refractivity contribution in [3.8, 4) is 0 Å². The van der Waals surface area contributed by atoms with E-state index < -0.39 is 0 Å². The van der Waals surface area contributed by atoms with E-state index in [0.29, 0.717) is 13.1 Å². The molecule has 0 heterocycles. The second kappa shape index (κ2) is 6.28. The fourth-order valence-corrected chi connectivity index (χ4v) is 1.87.